The van der Waals surface area contributed by atoms with Crippen LogP contribution in [-0.2, 0) is 9.59 Å². The van der Waals surface area contributed by atoms with Crippen LogP contribution in [0.4, 0.5) is 4.79 Å². The van der Waals surface area contributed by atoms with Gasteiger partial charge in [-0.25, -0.2) is 4.79 Å². The minimum atomic E-state index is -0.708. The maximum Gasteiger partial charge on any atom is 0.327 e. The number of nitrogens with zero attached hydrogens (tertiary/aromatic N) is 3. The molecule has 1 aliphatic carbocycles. The smallest absolute Gasteiger partial charge is 0.327 e. The number of urea groups is 1. The Morgan fingerprint density at radius 1 is 1.15 bits per heavy atom. The molecular formula is C20H34N4O3. The van der Waals surface area contributed by atoms with Gasteiger partial charge < -0.3 is 15.1 Å². The second-order valence-electron chi connectivity index (χ2n) is 8.41. The third-order valence-corrected chi connectivity index (χ3v) is 6.67. The van der Waals surface area contributed by atoms with Crippen LogP contribution in [0.3, 0.4) is 0 Å². The molecule has 1 saturated carbocycles. The summed E-state index contributed by atoms with van der Waals surface area (Å²) in [4.78, 5) is 42.9. The SMILES string of the molecule is CC1CCCCN1CCCNC(=O)CN1C(=O)N(C)C2(CCCCC2)C1=O. The molecule has 7 heteroatoms. The van der Waals surface area contributed by atoms with Gasteiger partial charge in [-0.2, -0.15) is 0 Å². The standard InChI is InChI=1S/C20H34N4O3/c1-16-9-4-7-13-23(16)14-8-12-21-17(25)15-24-18(26)20(22(2)19(24)27)10-5-3-6-11-20/h16H,3-15H2,1-2H3,(H,21,25). The lowest BCUT2D eigenvalue weighted by atomic mass is 9.81. The number of rotatable bonds is 6. The van der Waals surface area contributed by atoms with Crippen molar-refractivity contribution in [1.29, 1.82) is 0 Å². The molecule has 2 heterocycles. The summed E-state index contributed by atoms with van der Waals surface area (Å²) in [6.45, 7) is 4.80. The van der Waals surface area contributed by atoms with Crippen molar-refractivity contribution in [3.8, 4) is 0 Å². The maximum absolute atomic E-state index is 12.9. The van der Waals surface area contributed by atoms with E-state index in [9.17, 15) is 14.4 Å². The Morgan fingerprint density at radius 3 is 2.59 bits per heavy atom. The quantitative estimate of drug-likeness (QED) is 0.566. The van der Waals surface area contributed by atoms with Crippen LogP contribution in [0.2, 0.25) is 0 Å². The van der Waals surface area contributed by atoms with Crippen LogP contribution >= 0.6 is 0 Å². The first-order valence-corrected chi connectivity index (χ1v) is 10.6. The summed E-state index contributed by atoms with van der Waals surface area (Å²) in [5.74, 6) is -0.434. The van der Waals surface area contributed by atoms with E-state index < -0.39 is 5.54 Å². The van der Waals surface area contributed by atoms with Crippen molar-refractivity contribution >= 4 is 17.8 Å². The molecule has 1 spiro atoms. The van der Waals surface area contributed by atoms with Crippen LogP contribution in [0, 0.1) is 0 Å². The topological polar surface area (TPSA) is 73.0 Å². The molecule has 0 bridgehead atoms. The molecule has 1 N–H and O–H groups in total. The summed E-state index contributed by atoms with van der Waals surface area (Å²) in [7, 11) is 1.70. The fraction of sp³-hybridized carbons (Fsp3) is 0.850. The van der Waals surface area contributed by atoms with Gasteiger partial charge in [-0.15, -0.1) is 0 Å². The molecule has 0 aromatic heterocycles. The Balaban J connectivity index is 1.45. The van der Waals surface area contributed by atoms with Gasteiger partial charge in [0.2, 0.25) is 5.91 Å². The molecule has 0 aromatic carbocycles. The Kier molecular flexibility index (Phi) is 6.40. The van der Waals surface area contributed by atoms with E-state index in [4.69, 9.17) is 0 Å². The Labute approximate surface area is 162 Å². The predicted molar refractivity (Wildman–Crippen MR) is 103 cm³/mol. The normalized spacial score (nSPS) is 26.1. The van der Waals surface area contributed by atoms with Crippen molar-refractivity contribution in [2.24, 2.45) is 0 Å². The lowest BCUT2D eigenvalue weighted by Crippen LogP contribution is -2.49. The number of piperidine rings is 1. The van der Waals surface area contributed by atoms with Crippen molar-refractivity contribution in [2.45, 2.75) is 76.3 Å². The van der Waals surface area contributed by atoms with Crippen LogP contribution in [0.5, 0.6) is 0 Å². The van der Waals surface area contributed by atoms with Gasteiger partial charge in [-0.05, 0) is 45.6 Å². The van der Waals surface area contributed by atoms with Gasteiger partial charge in [0, 0.05) is 26.2 Å². The average molecular weight is 379 g/mol. The zero-order valence-corrected chi connectivity index (χ0v) is 16.8. The molecule has 27 heavy (non-hydrogen) atoms. The molecule has 0 aromatic rings. The van der Waals surface area contributed by atoms with Crippen molar-refractivity contribution < 1.29 is 14.4 Å². The minimum absolute atomic E-state index is 0.163. The van der Waals surface area contributed by atoms with Gasteiger partial charge in [0.1, 0.15) is 12.1 Å². The molecule has 2 aliphatic heterocycles. The van der Waals surface area contributed by atoms with Gasteiger partial charge in [-0.3, -0.25) is 14.5 Å². The second kappa shape index (κ2) is 8.59. The monoisotopic (exact) mass is 378 g/mol. The fourth-order valence-corrected chi connectivity index (χ4v) is 4.87. The second-order valence-corrected chi connectivity index (χ2v) is 8.41. The van der Waals surface area contributed by atoms with E-state index in [1.54, 1.807) is 11.9 Å². The minimum Gasteiger partial charge on any atom is -0.354 e. The molecule has 2 saturated heterocycles. The van der Waals surface area contributed by atoms with E-state index in [0.29, 0.717) is 25.4 Å². The summed E-state index contributed by atoms with van der Waals surface area (Å²) in [5.41, 5.74) is -0.708. The molecule has 4 amide bonds. The number of amides is 4. The third-order valence-electron chi connectivity index (χ3n) is 6.67. The summed E-state index contributed by atoms with van der Waals surface area (Å²) in [6.07, 6.45) is 9.14. The lowest BCUT2D eigenvalue weighted by molar-refractivity contribution is -0.137. The molecule has 0 radical (unpaired) electrons. The van der Waals surface area contributed by atoms with E-state index in [0.717, 1.165) is 43.7 Å². The first kappa shape index (κ1) is 20.1. The molecule has 3 fully saturated rings. The number of nitrogens with one attached hydrogen (secondary N) is 1. The molecule has 1 atom stereocenters. The maximum atomic E-state index is 12.9. The fourth-order valence-electron chi connectivity index (χ4n) is 4.87. The van der Waals surface area contributed by atoms with Crippen molar-refractivity contribution in [1.82, 2.24) is 20.0 Å². The number of imide groups is 1. The number of carbonyl (C=O) groups is 3. The van der Waals surface area contributed by atoms with Gasteiger partial charge in [-0.1, -0.05) is 25.7 Å². The summed E-state index contributed by atoms with van der Waals surface area (Å²) in [6, 6.07) is 0.288. The number of likely N-dealkylation sites (tertiary alicyclic amines) is 1. The third kappa shape index (κ3) is 4.13. The van der Waals surface area contributed by atoms with Crippen LogP contribution in [-0.4, -0.2) is 77.4 Å². The van der Waals surface area contributed by atoms with Crippen molar-refractivity contribution in [3.63, 3.8) is 0 Å². The van der Waals surface area contributed by atoms with Crippen LogP contribution in [0.1, 0.15) is 64.7 Å². The van der Waals surface area contributed by atoms with E-state index >= 15 is 0 Å². The number of hydrogen-bond donors (Lipinski definition) is 1. The van der Waals surface area contributed by atoms with Crippen molar-refractivity contribution in [3.05, 3.63) is 0 Å². The number of carbonyl (C=O) groups excluding carboxylic acids is 3. The van der Waals surface area contributed by atoms with E-state index in [1.807, 2.05) is 0 Å². The highest BCUT2D eigenvalue weighted by atomic mass is 16.2. The van der Waals surface area contributed by atoms with Gasteiger partial charge in [0.15, 0.2) is 0 Å². The average Bonchev–Trinajstić information content (AvgIpc) is 2.83. The van der Waals surface area contributed by atoms with Crippen LogP contribution in [0.15, 0.2) is 0 Å². The van der Waals surface area contributed by atoms with Crippen LogP contribution < -0.4 is 5.32 Å². The summed E-state index contributed by atoms with van der Waals surface area (Å²) in [5, 5.41) is 2.88. The van der Waals surface area contributed by atoms with E-state index in [1.165, 1.54) is 19.3 Å². The zero-order chi connectivity index (χ0) is 19.4. The van der Waals surface area contributed by atoms with Crippen molar-refractivity contribution in [2.75, 3.05) is 33.2 Å². The Morgan fingerprint density at radius 2 is 1.89 bits per heavy atom. The summed E-state index contributed by atoms with van der Waals surface area (Å²) >= 11 is 0. The molecule has 3 aliphatic rings. The molecular weight excluding hydrogens is 344 g/mol. The highest BCUT2D eigenvalue weighted by Gasteiger charge is 2.55. The van der Waals surface area contributed by atoms with Crippen LogP contribution in [0.25, 0.3) is 0 Å². The molecule has 7 nitrogen and oxygen atoms in total. The molecule has 1 unspecified atom stereocenters. The highest BCUT2D eigenvalue weighted by molar-refractivity contribution is 6.08. The van der Waals surface area contributed by atoms with E-state index in [-0.39, 0.29) is 24.4 Å². The van der Waals surface area contributed by atoms with E-state index in [2.05, 4.69) is 17.1 Å². The Hall–Kier alpha value is -1.63. The molecule has 3 rings (SSSR count). The highest BCUT2D eigenvalue weighted by Crippen LogP contribution is 2.39. The van der Waals surface area contributed by atoms with Gasteiger partial charge in [0.05, 0.1) is 0 Å². The zero-order valence-electron chi connectivity index (χ0n) is 16.8. The first-order chi connectivity index (χ1) is 13.0. The number of likely N-dealkylation sites (N-methyl/N-ethyl adjacent to an activating group) is 1. The summed E-state index contributed by atoms with van der Waals surface area (Å²) < 4.78 is 0. The van der Waals surface area contributed by atoms with Gasteiger partial charge in [0.25, 0.3) is 5.91 Å². The van der Waals surface area contributed by atoms with Gasteiger partial charge >= 0.3 is 6.03 Å². The molecule has 152 valence electrons. The largest absolute Gasteiger partial charge is 0.354 e. The number of hydrogen-bond acceptors (Lipinski definition) is 4. The Bertz CT molecular complexity index is 574. The predicted octanol–water partition coefficient (Wildman–Crippen LogP) is 1.96. The lowest BCUT2D eigenvalue weighted by Gasteiger charge is -2.35. The first-order valence-electron chi connectivity index (χ1n) is 10.6.